The first-order chi connectivity index (χ1) is 11.6. The Labute approximate surface area is 159 Å². The normalized spacial score (nSPS) is 11.9. The van der Waals surface area contributed by atoms with Crippen molar-refractivity contribution in [2.24, 2.45) is 0 Å². The first kappa shape index (κ1) is 23.6. The fraction of sp³-hybridized carbons (Fsp3) is 0.263. The molecule has 2 aromatic carbocycles. The summed E-state index contributed by atoms with van der Waals surface area (Å²) in [4.78, 5) is 23.0. The summed E-state index contributed by atoms with van der Waals surface area (Å²) >= 11 is 0. The van der Waals surface area contributed by atoms with E-state index in [2.05, 4.69) is 5.32 Å². The number of alkyl carbamates (subject to hydrolysis) is 1. The molecule has 0 saturated heterocycles. The predicted octanol–water partition coefficient (Wildman–Crippen LogP) is 4.25. The first-order valence-corrected chi connectivity index (χ1v) is 7.35. The van der Waals surface area contributed by atoms with Crippen LogP contribution in [0, 0.1) is 5.82 Å². The Bertz CT molecular complexity index is 700. The molecule has 1 N–H and O–H groups in total. The maximum Gasteiger partial charge on any atom is 0.408 e. The van der Waals surface area contributed by atoms with Gasteiger partial charge in [-0.25, -0.2) is 13.6 Å². The summed E-state index contributed by atoms with van der Waals surface area (Å²) in [6, 6.07) is 14.3. The van der Waals surface area contributed by atoms with Crippen molar-refractivity contribution in [3.8, 4) is 0 Å². The van der Waals surface area contributed by atoms with E-state index in [9.17, 15) is 18.4 Å². The van der Waals surface area contributed by atoms with E-state index in [0.717, 1.165) is 11.6 Å². The van der Waals surface area contributed by atoms with E-state index < -0.39 is 30.5 Å². The molecule has 1 atom stereocenters. The van der Waals surface area contributed by atoms with Crippen molar-refractivity contribution in [3.05, 3.63) is 71.5 Å². The fourth-order valence-electron chi connectivity index (χ4n) is 2.33. The lowest BCUT2D eigenvalue weighted by atomic mass is 9.88. The van der Waals surface area contributed by atoms with Crippen LogP contribution >= 0.6 is 13.5 Å². The van der Waals surface area contributed by atoms with Gasteiger partial charge in [0.25, 0.3) is 0 Å². The van der Waals surface area contributed by atoms with Crippen LogP contribution in [0.2, 0.25) is 0 Å². The molecule has 0 aromatic heterocycles. The van der Waals surface area contributed by atoms with Crippen LogP contribution in [0.25, 0.3) is 0 Å². The lowest BCUT2D eigenvalue weighted by molar-refractivity contribution is -0.109. The van der Waals surface area contributed by atoms with Gasteiger partial charge in [0.15, 0.2) is 0 Å². The third-order valence-corrected chi connectivity index (χ3v) is 3.60. The van der Waals surface area contributed by atoms with E-state index in [1.807, 2.05) is 6.07 Å². The van der Waals surface area contributed by atoms with Crippen LogP contribution < -0.4 is 5.32 Å². The molecule has 0 unspecified atom stereocenters. The third kappa shape index (κ3) is 5.84. The van der Waals surface area contributed by atoms with Crippen LogP contribution in [-0.4, -0.2) is 19.1 Å². The monoisotopic (exact) mass is 383 g/mol. The van der Waals surface area contributed by atoms with Crippen molar-refractivity contribution in [2.75, 3.05) is 6.67 Å². The van der Waals surface area contributed by atoms with Gasteiger partial charge in [0, 0.05) is 12.0 Å². The van der Waals surface area contributed by atoms with Gasteiger partial charge in [0.2, 0.25) is 0 Å². The number of carbonyl (C=O) groups excluding carboxylic acids is 2. The van der Waals surface area contributed by atoms with E-state index in [1.165, 1.54) is 18.2 Å². The van der Waals surface area contributed by atoms with Crippen molar-refractivity contribution in [2.45, 2.75) is 26.0 Å². The molecule has 26 heavy (non-hydrogen) atoms. The summed E-state index contributed by atoms with van der Waals surface area (Å²) in [7, 11) is 0. The van der Waals surface area contributed by atoms with Crippen molar-refractivity contribution in [1.29, 1.82) is 0 Å². The highest BCUT2D eigenvalue weighted by atomic mass is 32.1. The zero-order valence-corrected chi connectivity index (χ0v) is 14.4. The number of aldehydes is 1. The number of hydrogen-bond acceptors (Lipinski definition) is 3. The molecule has 0 heterocycles. The molecule has 0 saturated carbocycles. The van der Waals surface area contributed by atoms with E-state index >= 15 is 0 Å². The van der Waals surface area contributed by atoms with Gasteiger partial charge in [-0.3, -0.25) is 0 Å². The van der Waals surface area contributed by atoms with Crippen molar-refractivity contribution < 1.29 is 23.1 Å². The molecule has 2 rings (SSSR count). The molecule has 0 bridgehead atoms. The standard InChI is InChI=1S/C18H17F2NO3.CH4.H2S/c19-13-18(10-11-22,15-8-4-5-9-16(15)20)21-17(23)24-12-14-6-2-1-3-7-14;;/h1-9,11H,10,12-13H2,(H,21,23);1H4;1H2/t18-;;/m1../s1. The van der Waals surface area contributed by atoms with E-state index in [-0.39, 0.29) is 33.1 Å². The highest BCUT2D eigenvalue weighted by Gasteiger charge is 2.37. The Morgan fingerprint density at radius 3 is 2.31 bits per heavy atom. The van der Waals surface area contributed by atoms with E-state index in [4.69, 9.17) is 4.74 Å². The number of nitrogens with one attached hydrogen (secondary N) is 1. The highest BCUT2D eigenvalue weighted by Crippen LogP contribution is 2.28. The number of halogens is 2. The molecule has 2 aromatic rings. The van der Waals surface area contributed by atoms with Crippen LogP contribution in [0.4, 0.5) is 13.6 Å². The van der Waals surface area contributed by atoms with Crippen LogP contribution in [0.3, 0.4) is 0 Å². The van der Waals surface area contributed by atoms with Gasteiger partial charge in [0.05, 0.1) is 0 Å². The van der Waals surface area contributed by atoms with Crippen molar-refractivity contribution in [3.63, 3.8) is 0 Å². The number of carbonyl (C=O) groups is 2. The molecule has 142 valence electrons. The first-order valence-electron chi connectivity index (χ1n) is 7.35. The van der Waals surface area contributed by atoms with E-state index in [0.29, 0.717) is 6.29 Å². The van der Waals surface area contributed by atoms with Crippen molar-refractivity contribution >= 4 is 25.9 Å². The molecule has 0 radical (unpaired) electrons. The quantitative estimate of drug-likeness (QED) is 0.727. The van der Waals surface area contributed by atoms with Crippen LogP contribution in [-0.2, 0) is 21.7 Å². The Morgan fingerprint density at radius 2 is 1.73 bits per heavy atom. The molecule has 0 spiro atoms. The molecular weight excluding hydrogens is 360 g/mol. The lowest BCUT2D eigenvalue weighted by Gasteiger charge is -2.30. The summed E-state index contributed by atoms with van der Waals surface area (Å²) < 4.78 is 32.8. The van der Waals surface area contributed by atoms with Gasteiger partial charge in [0.1, 0.15) is 30.9 Å². The predicted molar refractivity (Wildman–Crippen MR) is 102 cm³/mol. The number of benzene rings is 2. The maximum atomic E-state index is 14.0. The Morgan fingerprint density at radius 1 is 1.12 bits per heavy atom. The van der Waals surface area contributed by atoms with Crippen LogP contribution in [0.15, 0.2) is 54.6 Å². The minimum Gasteiger partial charge on any atom is -0.445 e. The minimum absolute atomic E-state index is 0. The Hall–Kier alpha value is -2.41. The number of alkyl halides is 1. The molecular formula is C19H23F2NO3S. The molecule has 7 heteroatoms. The summed E-state index contributed by atoms with van der Waals surface area (Å²) in [6.45, 7) is -1.17. The topological polar surface area (TPSA) is 55.4 Å². The molecule has 0 aliphatic heterocycles. The summed E-state index contributed by atoms with van der Waals surface area (Å²) in [5.41, 5.74) is -1.14. The van der Waals surface area contributed by atoms with Crippen molar-refractivity contribution in [1.82, 2.24) is 5.32 Å². The summed E-state index contributed by atoms with van der Waals surface area (Å²) in [6.07, 6.45) is -0.907. The second-order valence-electron chi connectivity index (χ2n) is 5.25. The average Bonchev–Trinajstić information content (AvgIpc) is 2.61. The molecule has 0 aliphatic carbocycles. The van der Waals surface area contributed by atoms with Gasteiger partial charge in [-0.05, 0) is 11.6 Å². The second kappa shape index (κ2) is 11.3. The lowest BCUT2D eigenvalue weighted by Crippen LogP contribution is -2.48. The largest absolute Gasteiger partial charge is 0.445 e. The minimum atomic E-state index is -1.79. The zero-order valence-electron chi connectivity index (χ0n) is 13.4. The zero-order chi connectivity index (χ0) is 17.4. The molecule has 1 amide bonds. The third-order valence-electron chi connectivity index (χ3n) is 3.60. The Kier molecular flexibility index (Phi) is 10.2. The molecule has 4 nitrogen and oxygen atoms in total. The average molecular weight is 383 g/mol. The number of hydrogen-bond donors (Lipinski definition) is 1. The van der Waals surface area contributed by atoms with Gasteiger partial charge in [-0.1, -0.05) is 56.0 Å². The SMILES string of the molecule is C.O=CC[C@](CF)(NC(=O)OCc1ccccc1)c1ccccc1F.S. The summed E-state index contributed by atoms with van der Waals surface area (Å²) in [5, 5.41) is 2.30. The highest BCUT2D eigenvalue weighted by molar-refractivity contribution is 7.59. The van der Waals surface area contributed by atoms with Gasteiger partial charge in [-0.15, -0.1) is 0 Å². The van der Waals surface area contributed by atoms with Crippen LogP contribution in [0.1, 0.15) is 25.0 Å². The Balaban J connectivity index is 0.00000312. The number of rotatable bonds is 7. The number of ether oxygens (including phenoxy) is 1. The van der Waals surface area contributed by atoms with Gasteiger partial charge >= 0.3 is 6.09 Å². The van der Waals surface area contributed by atoms with Crippen LogP contribution in [0.5, 0.6) is 0 Å². The van der Waals surface area contributed by atoms with Gasteiger partial charge < -0.3 is 14.8 Å². The fourth-order valence-corrected chi connectivity index (χ4v) is 2.33. The molecule has 0 aliphatic rings. The molecule has 0 fully saturated rings. The van der Waals surface area contributed by atoms with Gasteiger partial charge in [-0.2, -0.15) is 13.5 Å². The smallest absolute Gasteiger partial charge is 0.408 e. The summed E-state index contributed by atoms with van der Waals surface area (Å²) in [5.74, 6) is -0.708. The second-order valence-corrected chi connectivity index (χ2v) is 5.25. The number of amides is 1. The van der Waals surface area contributed by atoms with E-state index in [1.54, 1.807) is 24.3 Å². The maximum absolute atomic E-state index is 14.0.